The van der Waals surface area contributed by atoms with Gasteiger partial charge in [0.25, 0.3) is 0 Å². The predicted octanol–water partition coefficient (Wildman–Crippen LogP) is 2.91. The maximum Gasteiger partial charge on any atom is 0.335 e. The van der Waals surface area contributed by atoms with Crippen LogP contribution in [-0.4, -0.2) is 30.2 Å². The molecule has 0 spiro atoms. The number of fused-ring (bicyclic) bond motifs is 1. The molecule has 0 fully saturated rings. The van der Waals surface area contributed by atoms with Gasteiger partial charge in [0.1, 0.15) is 0 Å². The molecule has 4 aromatic rings. The van der Waals surface area contributed by atoms with Crippen LogP contribution >= 0.6 is 22.9 Å². The smallest absolute Gasteiger partial charge is 0.335 e. The van der Waals surface area contributed by atoms with Crippen LogP contribution in [-0.2, 0) is 17.9 Å². The van der Waals surface area contributed by atoms with Crippen molar-refractivity contribution >= 4 is 44.8 Å². The van der Waals surface area contributed by atoms with Gasteiger partial charge < -0.3 is 5.11 Å². The minimum Gasteiger partial charge on any atom is -0.481 e. The fourth-order valence-electron chi connectivity index (χ4n) is 3.29. The predicted molar refractivity (Wildman–Crippen MR) is 126 cm³/mol. The third-order valence-electron chi connectivity index (χ3n) is 5.03. The number of hydrogen-bond donors (Lipinski definition) is 2. The molecule has 4 rings (SSSR count). The number of aliphatic carboxylic acids is 1. The number of hydrogen-bond acceptors (Lipinski definition) is 6. The molecule has 0 aliphatic heterocycles. The monoisotopic (exact) mass is 485 g/mol. The lowest BCUT2D eigenvalue weighted by Gasteiger charge is -2.13. The summed E-state index contributed by atoms with van der Waals surface area (Å²) in [5.74, 6) is -2.03. The molecule has 2 N–H and O–H groups in total. The molecule has 0 aliphatic carbocycles. The van der Waals surface area contributed by atoms with Crippen molar-refractivity contribution in [2.45, 2.75) is 26.9 Å². The van der Waals surface area contributed by atoms with Crippen molar-refractivity contribution < 1.29 is 9.90 Å². The van der Waals surface area contributed by atoms with E-state index in [0.717, 1.165) is 25.4 Å². The Morgan fingerprint density at radius 3 is 2.64 bits per heavy atom. The average Bonchev–Trinajstić information content (AvgIpc) is 3.14. The Morgan fingerprint density at radius 2 is 1.94 bits per heavy atom. The van der Waals surface area contributed by atoms with Crippen molar-refractivity contribution in [3.63, 3.8) is 0 Å². The van der Waals surface area contributed by atoms with Crippen LogP contribution in [0.2, 0.25) is 5.02 Å². The fourth-order valence-corrected chi connectivity index (χ4v) is 4.28. The first-order chi connectivity index (χ1) is 15.7. The SMILES string of the molecule is Cc1nc2ccc(/N=c3\[nH]c(=O)n(C[C@H](C)C(=O)O)c(=O)n3Cc3ccc(Cl)cc3)cc2s1. The maximum atomic E-state index is 13.3. The van der Waals surface area contributed by atoms with Crippen molar-refractivity contribution in [3.8, 4) is 0 Å². The summed E-state index contributed by atoms with van der Waals surface area (Å²) in [4.78, 5) is 48.8. The third kappa shape index (κ3) is 4.96. The van der Waals surface area contributed by atoms with Crippen LogP contribution < -0.4 is 17.0 Å². The molecule has 1 atom stereocenters. The number of aromatic amines is 1. The number of nitrogens with one attached hydrogen (secondary N) is 1. The Morgan fingerprint density at radius 1 is 1.21 bits per heavy atom. The van der Waals surface area contributed by atoms with Crippen LogP contribution in [0.3, 0.4) is 0 Å². The summed E-state index contributed by atoms with van der Waals surface area (Å²) in [6.07, 6.45) is 0. The number of benzene rings is 2. The standard InChI is InChI=1S/C22H20ClN5O4S/c1-12(19(29)30)10-28-21(31)26-20(25-16-7-8-17-18(9-16)33-13(2)24-17)27(22(28)32)11-14-3-5-15(23)6-4-14/h3-9,12H,10-11H2,1-2H3,(H,29,30)(H,25,26,31)/t12-/m0/s1. The van der Waals surface area contributed by atoms with Gasteiger partial charge in [0.2, 0.25) is 5.62 Å². The topological polar surface area (TPSA) is 122 Å². The summed E-state index contributed by atoms with van der Waals surface area (Å²) in [7, 11) is 0. The summed E-state index contributed by atoms with van der Waals surface area (Å²) >= 11 is 7.49. The maximum absolute atomic E-state index is 13.3. The second kappa shape index (κ2) is 9.16. The zero-order chi connectivity index (χ0) is 23.7. The number of carbonyl (C=O) groups is 1. The van der Waals surface area contributed by atoms with Gasteiger partial charge in [-0.05, 0) is 42.8 Å². The molecule has 0 saturated heterocycles. The Labute approximate surface area is 196 Å². The molecule has 9 nitrogen and oxygen atoms in total. The van der Waals surface area contributed by atoms with Gasteiger partial charge in [0, 0.05) is 11.6 Å². The largest absolute Gasteiger partial charge is 0.481 e. The number of halogens is 1. The van der Waals surface area contributed by atoms with Crippen molar-refractivity contribution in [2.75, 3.05) is 0 Å². The van der Waals surface area contributed by atoms with Crippen molar-refractivity contribution in [3.05, 3.63) is 84.6 Å². The van der Waals surface area contributed by atoms with Gasteiger partial charge in [-0.15, -0.1) is 11.3 Å². The first-order valence-corrected chi connectivity index (χ1v) is 11.2. The Hall–Kier alpha value is -3.50. The zero-order valence-electron chi connectivity index (χ0n) is 17.8. The minimum absolute atomic E-state index is 0.0553. The molecule has 0 radical (unpaired) electrons. The quantitative estimate of drug-likeness (QED) is 0.434. The lowest BCUT2D eigenvalue weighted by Crippen LogP contribution is -2.51. The number of rotatable bonds is 6. The number of thiazole rings is 1. The lowest BCUT2D eigenvalue weighted by atomic mass is 10.2. The molecule has 0 bridgehead atoms. The van der Waals surface area contributed by atoms with E-state index in [2.05, 4.69) is 15.0 Å². The number of H-pyrrole nitrogens is 1. The molecular formula is C22H20ClN5O4S. The van der Waals surface area contributed by atoms with E-state index in [1.165, 1.54) is 22.8 Å². The normalized spacial score (nSPS) is 12.9. The Balaban J connectivity index is 1.89. The van der Waals surface area contributed by atoms with Crippen LogP contribution in [0.15, 0.2) is 57.0 Å². The van der Waals surface area contributed by atoms with Crippen LogP contribution in [0.1, 0.15) is 17.5 Å². The fraction of sp³-hybridized carbons (Fsp3) is 0.227. The molecule has 2 heterocycles. The molecule has 170 valence electrons. The van der Waals surface area contributed by atoms with Crippen molar-refractivity contribution in [1.29, 1.82) is 0 Å². The summed E-state index contributed by atoms with van der Waals surface area (Å²) < 4.78 is 3.12. The Kier molecular flexibility index (Phi) is 6.30. The molecule has 11 heteroatoms. The third-order valence-corrected chi connectivity index (χ3v) is 6.21. The zero-order valence-corrected chi connectivity index (χ0v) is 19.4. The van der Waals surface area contributed by atoms with Gasteiger partial charge in [-0.3, -0.25) is 14.3 Å². The molecule has 0 saturated carbocycles. The van der Waals surface area contributed by atoms with Crippen molar-refractivity contribution in [2.24, 2.45) is 10.9 Å². The van der Waals surface area contributed by atoms with Gasteiger partial charge in [-0.1, -0.05) is 30.7 Å². The molecule has 2 aromatic heterocycles. The number of nitrogens with zero attached hydrogens (tertiary/aromatic N) is 4. The summed E-state index contributed by atoms with van der Waals surface area (Å²) in [5.41, 5.74) is 0.820. The highest BCUT2D eigenvalue weighted by Crippen LogP contribution is 2.25. The summed E-state index contributed by atoms with van der Waals surface area (Å²) in [6.45, 7) is 3.19. The first-order valence-electron chi connectivity index (χ1n) is 10.0. The first kappa shape index (κ1) is 22.7. The van der Waals surface area contributed by atoms with Gasteiger partial charge >= 0.3 is 17.3 Å². The molecule has 0 aliphatic rings. The molecule has 0 unspecified atom stereocenters. The van der Waals surface area contributed by atoms with Gasteiger partial charge in [-0.25, -0.2) is 24.1 Å². The van der Waals surface area contributed by atoms with E-state index in [9.17, 15) is 19.5 Å². The molecule has 2 aromatic carbocycles. The highest BCUT2D eigenvalue weighted by atomic mass is 35.5. The van der Waals surface area contributed by atoms with E-state index in [0.29, 0.717) is 10.7 Å². The average molecular weight is 486 g/mol. The van der Waals surface area contributed by atoms with Crippen LogP contribution in [0.4, 0.5) is 5.69 Å². The van der Waals surface area contributed by atoms with E-state index in [-0.39, 0.29) is 18.7 Å². The van der Waals surface area contributed by atoms with Gasteiger partial charge in [0.05, 0.1) is 33.4 Å². The van der Waals surface area contributed by atoms with E-state index >= 15 is 0 Å². The van der Waals surface area contributed by atoms with E-state index in [1.807, 2.05) is 19.1 Å². The number of carboxylic acids is 1. The van der Waals surface area contributed by atoms with Crippen LogP contribution in [0.5, 0.6) is 0 Å². The van der Waals surface area contributed by atoms with E-state index in [1.54, 1.807) is 30.3 Å². The minimum atomic E-state index is -1.10. The molecule has 33 heavy (non-hydrogen) atoms. The van der Waals surface area contributed by atoms with Crippen molar-refractivity contribution in [1.82, 2.24) is 19.1 Å². The van der Waals surface area contributed by atoms with Gasteiger partial charge in [-0.2, -0.15) is 0 Å². The molecule has 0 amide bonds. The lowest BCUT2D eigenvalue weighted by molar-refractivity contribution is -0.141. The van der Waals surface area contributed by atoms with Crippen LogP contribution in [0.25, 0.3) is 10.2 Å². The Bertz CT molecular complexity index is 1530. The second-order valence-corrected chi connectivity index (χ2v) is 9.27. The molecular weight excluding hydrogens is 466 g/mol. The number of aromatic nitrogens is 4. The highest BCUT2D eigenvalue weighted by molar-refractivity contribution is 7.18. The van der Waals surface area contributed by atoms with E-state index in [4.69, 9.17) is 11.6 Å². The van der Waals surface area contributed by atoms with Gasteiger partial charge in [0.15, 0.2) is 0 Å². The van der Waals surface area contributed by atoms with Crippen LogP contribution in [0, 0.1) is 12.8 Å². The number of carboxylic acid groups (broad SMARTS) is 1. The highest BCUT2D eigenvalue weighted by Gasteiger charge is 2.17. The second-order valence-electron chi connectivity index (χ2n) is 7.60. The summed E-state index contributed by atoms with van der Waals surface area (Å²) in [5, 5.41) is 10.7. The van der Waals surface area contributed by atoms with E-state index < -0.39 is 23.3 Å². The summed E-state index contributed by atoms with van der Waals surface area (Å²) in [6, 6.07) is 12.3. The number of aryl methyl sites for hydroxylation is 1.